The summed E-state index contributed by atoms with van der Waals surface area (Å²) in [7, 11) is 0. The zero-order valence-electron chi connectivity index (χ0n) is 15.5. The first-order valence-corrected chi connectivity index (χ1v) is 9.13. The number of nitrogens with two attached hydrogens (primary N) is 1. The number of aromatic nitrogens is 2. The van der Waals surface area contributed by atoms with Gasteiger partial charge in [-0.15, -0.1) is 0 Å². The summed E-state index contributed by atoms with van der Waals surface area (Å²) in [5.74, 6) is 0.275. The number of furan rings is 1. The Morgan fingerprint density at radius 3 is 2.42 bits per heavy atom. The predicted octanol–water partition coefficient (Wildman–Crippen LogP) is 5.79. The van der Waals surface area contributed by atoms with E-state index in [1.165, 1.54) is 18.7 Å². The van der Waals surface area contributed by atoms with Crippen LogP contribution in [0.2, 0.25) is 5.02 Å². The number of carbonyl (C=O) groups excluding carboxylic acids is 1. The van der Waals surface area contributed by atoms with E-state index in [4.69, 9.17) is 21.8 Å². The molecule has 158 valence electrons. The van der Waals surface area contributed by atoms with Crippen molar-refractivity contribution in [1.29, 1.82) is 0 Å². The molecule has 0 fully saturated rings. The first-order chi connectivity index (χ1) is 14.7. The lowest BCUT2D eigenvalue weighted by Gasteiger charge is -2.12. The molecule has 0 bridgehead atoms. The van der Waals surface area contributed by atoms with Crippen molar-refractivity contribution in [3.05, 3.63) is 65.6 Å². The fraction of sp³-hybridized carbons (Fsp3) is 0.0500. The van der Waals surface area contributed by atoms with Crippen molar-refractivity contribution in [2.24, 2.45) is 0 Å². The smallest absolute Gasteiger partial charge is 0.417 e. The van der Waals surface area contributed by atoms with Crippen molar-refractivity contribution in [2.75, 3.05) is 16.4 Å². The van der Waals surface area contributed by atoms with E-state index in [1.807, 2.05) is 0 Å². The van der Waals surface area contributed by atoms with Crippen molar-refractivity contribution < 1.29 is 22.4 Å². The lowest BCUT2D eigenvalue weighted by molar-refractivity contribution is -0.137. The molecule has 2 aromatic carbocycles. The Bertz CT molecular complexity index is 1270. The molecule has 0 aliphatic heterocycles. The SMILES string of the molecule is Nc1ncnc2occ(-c3ccc(NC(=O)Nc4ccc(Cl)c(C(F)(F)F)c4)cc3)c12. The Morgan fingerprint density at radius 1 is 1.03 bits per heavy atom. The monoisotopic (exact) mass is 447 g/mol. The quantitative estimate of drug-likeness (QED) is 0.368. The Hall–Kier alpha value is -3.79. The number of hydrogen-bond donors (Lipinski definition) is 3. The highest BCUT2D eigenvalue weighted by atomic mass is 35.5. The number of nitrogens with zero attached hydrogens (tertiary/aromatic N) is 2. The maximum absolute atomic E-state index is 13.0. The Morgan fingerprint density at radius 2 is 1.71 bits per heavy atom. The number of nitrogen functional groups attached to an aromatic ring is 1. The Labute approximate surface area is 178 Å². The predicted molar refractivity (Wildman–Crippen MR) is 111 cm³/mol. The summed E-state index contributed by atoms with van der Waals surface area (Å²) < 4.78 is 44.3. The van der Waals surface area contributed by atoms with Gasteiger partial charge in [-0.05, 0) is 35.9 Å². The van der Waals surface area contributed by atoms with Gasteiger partial charge < -0.3 is 20.8 Å². The molecule has 7 nitrogen and oxygen atoms in total. The number of hydrogen-bond acceptors (Lipinski definition) is 5. The summed E-state index contributed by atoms with van der Waals surface area (Å²) in [5, 5.41) is 5.02. The summed E-state index contributed by atoms with van der Waals surface area (Å²) in [4.78, 5) is 20.1. The van der Waals surface area contributed by atoms with Crippen LogP contribution in [0, 0.1) is 0 Å². The molecule has 0 spiro atoms. The summed E-state index contributed by atoms with van der Waals surface area (Å²) in [5.41, 5.74) is 7.02. The molecule has 4 aromatic rings. The highest BCUT2D eigenvalue weighted by Crippen LogP contribution is 2.36. The van der Waals surface area contributed by atoms with Gasteiger partial charge in [0, 0.05) is 16.9 Å². The van der Waals surface area contributed by atoms with Gasteiger partial charge in [0.25, 0.3) is 0 Å². The van der Waals surface area contributed by atoms with Crippen molar-refractivity contribution in [3.63, 3.8) is 0 Å². The number of nitrogens with one attached hydrogen (secondary N) is 2. The van der Waals surface area contributed by atoms with E-state index >= 15 is 0 Å². The van der Waals surface area contributed by atoms with Gasteiger partial charge in [0.05, 0.1) is 16.0 Å². The van der Waals surface area contributed by atoms with E-state index < -0.39 is 22.8 Å². The largest absolute Gasteiger partial charge is 0.445 e. The minimum Gasteiger partial charge on any atom is -0.445 e. The average Bonchev–Trinajstić information content (AvgIpc) is 3.15. The second-order valence-electron chi connectivity index (χ2n) is 6.44. The number of fused-ring (bicyclic) bond motifs is 1. The van der Waals surface area contributed by atoms with E-state index in [-0.39, 0.29) is 11.5 Å². The molecule has 2 heterocycles. The molecule has 0 atom stereocenters. The van der Waals surface area contributed by atoms with Gasteiger partial charge in [-0.2, -0.15) is 13.2 Å². The number of amides is 2. The number of benzene rings is 2. The number of halogens is 4. The maximum atomic E-state index is 13.0. The second kappa shape index (κ2) is 7.80. The van der Waals surface area contributed by atoms with Gasteiger partial charge in [0.2, 0.25) is 5.71 Å². The molecule has 31 heavy (non-hydrogen) atoms. The maximum Gasteiger partial charge on any atom is 0.417 e. The number of urea groups is 1. The Kier molecular flexibility index (Phi) is 5.15. The lowest BCUT2D eigenvalue weighted by atomic mass is 10.1. The van der Waals surface area contributed by atoms with Gasteiger partial charge in [-0.3, -0.25) is 0 Å². The van der Waals surface area contributed by atoms with Crippen LogP contribution in [0.5, 0.6) is 0 Å². The molecule has 11 heteroatoms. The van der Waals surface area contributed by atoms with Crippen molar-refractivity contribution in [3.8, 4) is 11.1 Å². The number of anilines is 3. The van der Waals surface area contributed by atoms with Crippen LogP contribution in [0.25, 0.3) is 22.2 Å². The minimum absolute atomic E-state index is 0.0498. The second-order valence-corrected chi connectivity index (χ2v) is 6.84. The van der Waals surface area contributed by atoms with Gasteiger partial charge in [0.1, 0.15) is 18.4 Å². The standard InChI is InChI=1S/C20H13ClF3N5O2/c21-15-6-5-12(7-14(15)20(22,23)24)29-19(30)28-11-3-1-10(2-4-11)13-8-31-18-16(13)17(25)26-9-27-18/h1-9H,(H2,25,26,27)(H2,28,29,30). The third-order valence-electron chi connectivity index (χ3n) is 4.38. The molecular formula is C20H13ClF3N5O2. The average molecular weight is 448 g/mol. The van der Waals surface area contributed by atoms with Gasteiger partial charge >= 0.3 is 12.2 Å². The first kappa shape index (κ1) is 20.5. The molecule has 4 N–H and O–H groups in total. The van der Waals surface area contributed by atoms with Crippen LogP contribution in [0.3, 0.4) is 0 Å². The van der Waals surface area contributed by atoms with Crippen LogP contribution >= 0.6 is 11.6 Å². The summed E-state index contributed by atoms with van der Waals surface area (Å²) >= 11 is 5.58. The number of rotatable bonds is 3. The molecule has 4 rings (SSSR count). The molecule has 2 amide bonds. The Balaban J connectivity index is 1.49. The van der Waals surface area contributed by atoms with Crippen molar-refractivity contribution in [1.82, 2.24) is 9.97 Å². The normalized spacial score (nSPS) is 11.5. The number of carbonyl (C=O) groups is 1. The number of alkyl halides is 3. The van der Waals surface area contributed by atoms with E-state index in [2.05, 4.69) is 20.6 Å². The van der Waals surface area contributed by atoms with E-state index in [0.717, 1.165) is 17.7 Å². The summed E-state index contributed by atoms with van der Waals surface area (Å²) in [6.07, 6.45) is -1.83. The highest BCUT2D eigenvalue weighted by molar-refractivity contribution is 6.31. The first-order valence-electron chi connectivity index (χ1n) is 8.75. The van der Waals surface area contributed by atoms with Crippen LogP contribution in [-0.2, 0) is 6.18 Å². The molecule has 0 aliphatic rings. The lowest BCUT2D eigenvalue weighted by Crippen LogP contribution is -2.19. The molecule has 2 aromatic heterocycles. The van der Waals surface area contributed by atoms with Crippen molar-refractivity contribution in [2.45, 2.75) is 6.18 Å². The topological polar surface area (TPSA) is 106 Å². The van der Waals surface area contributed by atoms with E-state index in [0.29, 0.717) is 22.4 Å². The van der Waals surface area contributed by atoms with E-state index in [1.54, 1.807) is 24.3 Å². The zero-order valence-corrected chi connectivity index (χ0v) is 16.3. The molecule has 0 saturated heterocycles. The highest BCUT2D eigenvalue weighted by Gasteiger charge is 2.33. The molecule has 0 radical (unpaired) electrons. The zero-order chi connectivity index (χ0) is 22.2. The van der Waals surface area contributed by atoms with Crippen LogP contribution < -0.4 is 16.4 Å². The third kappa shape index (κ3) is 4.24. The summed E-state index contributed by atoms with van der Waals surface area (Å²) in [6.45, 7) is 0. The van der Waals surface area contributed by atoms with Gasteiger partial charge in [-0.25, -0.2) is 14.8 Å². The molecular weight excluding hydrogens is 435 g/mol. The van der Waals surface area contributed by atoms with E-state index in [9.17, 15) is 18.0 Å². The fourth-order valence-electron chi connectivity index (χ4n) is 2.96. The fourth-order valence-corrected chi connectivity index (χ4v) is 3.18. The van der Waals surface area contributed by atoms with Crippen LogP contribution in [0.15, 0.2) is 59.5 Å². The van der Waals surface area contributed by atoms with Crippen LogP contribution in [0.4, 0.5) is 35.2 Å². The third-order valence-corrected chi connectivity index (χ3v) is 4.71. The molecule has 0 saturated carbocycles. The molecule has 0 aliphatic carbocycles. The molecule has 0 unspecified atom stereocenters. The van der Waals surface area contributed by atoms with Gasteiger partial charge in [0.15, 0.2) is 0 Å². The van der Waals surface area contributed by atoms with Gasteiger partial charge in [-0.1, -0.05) is 23.7 Å². The van der Waals surface area contributed by atoms with Crippen molar-refractivity contribution >= 4 is 45.9 Å². The van der Waals surface area contributed by atoms with Crippen LogP contribution in [-0.4, -0.2) is 16.0 Å². The summed E-state index contributed by atoms with van der Waals surface area (Å²) in [6, 6.07) is 9.08. The minimum atomic E-state index is -4.63. The van der Waals surface area contributed by atoms with Crippen LogP contribution in [0.1, 0.15) is 5.56 Å².